The van der Waals surface area contributed by atoms with Crippen LogP contribution in [0.3, 0.4) is 0 Å². The molecule has 9 heteroatoms. The zero-order valence-corrected chi connectivity index (χ0v) is 24.6. The Morgan fingerprint density at radius 3 is 2.11 bits per heavy atom. The van der Waals surface area contributed by atoms with Crippen molar-refractivity contribution in [3.8, 4) is 5.75 Å². The van der Waals surface area contributed by atoms with E-state index in [1.807, 2.05) is 0 Å². The van der Waals surface area contributed by atoms with Crippen LogP contribution in [0.5, 0.6) is 5.75 Å². The maximum atomic E-state index is 13.2. The summed E-state index contributed by atoms with van der Waals surface area (Å²) in [6.07, 6.45) is 7.47. The first-order chi connectivity index (χ1) is 17.5. The summed E-state index contributed by atoms with van der Waals surface area (Å²) >= 11 is 0. The van der Waals surface area contributed by atoms with E-state index in [9.17, 15) is 13.2 Å². The summed E-state index contributed by atoms with van der Waals surface area (Å²) in [5, 5.41) is 3.06. The Morgan fingerprint density at radius 1 is 1.00 bits per heavy atom. The van der Waals surface area contributed by atoms with Crippen molar-refractivity contribution in [1.29, 1.82) is 0 Å². The topological polar surface area (TPSA) is 82.2 Å². The molecule has 1 aromatic rings. The number of aryl methyl sites for hydroxylation is 2. The molecule has 0 spiro atoms. The van der Waals surface area contributed by atoms with E-state index < -0.39 is 10.0 Å². The highest BCUT2D eigenvalue weighted by Crippen LogP contribution is 2.30. The minimum Gasteiger partial charge on any atom is -0.497 e. The molecule has 1 saturated carbocycles. The van der Waals surface area contributed by atoms with Crippen molar-refractivity contribution in [2.24, 2.45) is 11.8 Å². The van der Waals surface area contributed by atoms with Gasteiger partial charge in [-0.15, -0.1) is 0 Å². The zero-order valence-electron chi connectivity index (χ0n) is 23.8. The lowest BCUT2D eigenvalue weighted by atomic mass is 9.81. The molecule has 1 aliphatic heterocycles. The van der Waals surface area contributed by atoms with Gasteiger partial charge >= 0.3 is 0 Å². The summed E-state index contributed by atoms with van der Waals surface area (Å²) in [7, 11) is 3.78. The molecule has 0 atom stereocenters. The number of piperidine rings is 1. The number of hydrogen-bond donors (Lipinski definition) is 1. The first kappa shape index (κ1) is 29.9. The van der Waals surface area contributed by atoms with E-state index in [4.69, 9.17) is 4.74 Å². The molecule has 1 saturated heterocycles. The molecule has 1 N–H and O–H groups in total. The predicted molar refractivity (Wildman–Crippen MR) is 149 cm³/mol. The number of carbonyl (C=O) groups is 1. The smallest absolute Gasteiger partial charge is 0.243 e. The summed E-state index contributed by atoms with van der Waals surface area (Å²) in [6, 6.07) is 4.18. The van der Waals surface area contributed by atoms with Crippen molar-refractivity contribution in [2.75, 3.05) is 61.0 Å². The van der Waals surface area contributed by atoms with Crippen LogP contribution >= 0.6 is 0 Å². The number of hydrogen-bond acceptors (Lipinski definition) is 6. The number of nitrogens with zero attached hydrogens (tertiary/aromatic N) is 3. The van der Waals surface area contributed by atoms with E-state index in [-0.39, 0.29) is 23.8 Å². The van der Waals surface area contributed by atoms with Gasteiger partial charge in [0, 0.05) is 39.1 Å². The van der Waals surface area contributed by atoms with E-state index in [1.54, 1.807) is 33.1 Å². The van der Waals surface area contributed by atoms with Crippen LogP contribution in [-0.2, 0) is 14.8 Å². The Kier molecular flexibility index (Phi) is 10.8. The first-order valence-corrected chi connectivity index (χ1v) is 15.2. The molecule has 3 rings (SSSR count). The van der Waals surface area contributed by atoms with Crippen molar-refractivity contribution < 1.29 is 17.9 Å². The summed E-state index contributed by atoms with van der Waals surface area (Å²) < 4.78 is 32.8. The van der Waals surface area contributed by atoms with Crippen LogP contribution in [0.2, 0.25) is 0 Å². The SMILES string of the molecule is COc1cc(C)c(S(=O)(=O)N(C)CCC(=O)NC[C@H]2CC[C@H](CN3CCC(N(C)C)CC3)CC2)c(C)c1. The van der Waals surface area contributed by atoms with Crippen molar-refractivity contribution in [1.82, 2.24) is 19.4 Å². The Morgan fingerprint density at radius 2 is 1.57 bits per heavy atom. The van der Waals surface area contributed by atoms with E-state index in [2.05, 4.69) is 29.2 Å². The number of nitrogens with one attached hydrogen (secondary N) is 1. The van der Waals surface area contributed by atoms with Gasteiger partial charge in [0.05, 0.1) is 12.0 Å². The predicted octanol–water partition coefficient (Wildman–Crippen LogP) is 3.27. The standard InChI is InChI=1S/C28H48N4O4S/c1-21-17-26(36-6)18-22(2)28(21)37(34,35)31(5)14-13-27(33)29-19-23-7-9-24(10-8-23)20-32-15-11-25(12-16-32)30(3)4/h17-18,23-25H,7-16,19-20H2,1-6H3,(H,29,33)/t23-,24-. The molecule has 1 amide bonds. The lowest BCUT2D eigenvalue weighted by molar-refractivity contribution is -0.121. The fourth-order valence-electron chi connectivity index (χ4n) is 5.92. The molecule has 2 fully saturated rings. The van der Waals surface area contributed by atoms with Crippen molar-refractivity contribution in [3.05, 3.63) is 23.3 Å². The molecule has 0 aromatic heterocycles. The molecule has 1 aliphatic carbocycles. The van der Waals surface area contributed by atoms with Gasteiger partial charge in [-0.25, -0.2) is 12.7 Å². The largest absolute Gasteiger partial charge is 0.497 e. The van der Waals surface area contributed by atoms with Gasteiger partial charge in [-0.3, -0.25) is 4.79 Å². The third-order valence-corrected chi connectivity index (χ3v) is 10.5. The normalized spacial score (nSPS) is 21.9. The van der Waals surface area contributed by atoms with Crippen molar-refractivity contribution in [3.63, 3.8) is 0 Å². The van der Waals surface area contributed by atoms with Gasteiger partial charge in [-0.2, -0.15) is 0 Å². The third-order valence-electron chi connectivity index (χ3n) is 8.35. The summed E-state index contributed by atoms with van der Waals surface area (Å²) in [5.74, 6) is 1.84. The fraction of sp³-hybridized carbons (Fsp3) is 0.750. The van der Waals surface area contributed by atoms with Crippen LogP contribution < -0.4 is 10.1 Å². The molecule has 1 aromatic carbocycles. The fourth-order valence-corrected chi connectivity index (χ4v) is 7.49. The summed E-state index contributed by atoms with van der Waals surface area (Å²) in [6.45, 7) is 8.01. The number of carbonyl (C=O) groups excluding carboxylic acids is 1. The molecule has 37 heavy (non-hydrogen) atoms. The third kappa shape index (κ3) is 8.15. The van der Waals surface area contributed by atoms with Crippen molar-refractivity contribution >= 4 is 15.9 Å². The highest BCUT2D eigenvalue weighted by atomic mass is 32.2. The van der Waals surface area contributed by atoms with Crippen LogP contribution in [-0.4, -0.2) is 95.4 Å². The van der Waals surface area contributed by atoms with E-state index in [1.165, 1.54) is 56.7 Å². The Balaban J connectivity index is 1.37. The van der Waals surface area contributed by atoms with Gasteiger partial charge < -0.3 is 19.9 Å². The molecule has 8 nitrogen and oxygen atoms in total. The number of rotatable bonds is 11. The highest BCUT2D eigenvalue weighted by Gasteiger charge is 2.28. The van der Waals surface area contributed by atoms with E-state index in [0.717, 1.165) is 24.8 Å². The van der Waals surface area contributed by atoms with Crippen LogP contribution in [0.4, 0.5) is 0 Å². The average Bonchev–Trinajstić information content (AvgIpc) is 2.86. The number of methoxy groups -OCH3 is 1. The van der Waals surface area contributed by atoms with E-state index in [0.29, 0.717) is 29.3 Å². The Labute approximate surface area is 224 Å². The van der Waals surface area contributed by atoms with Gasteiger partial charge in [-0.05, 0) is 115 Å². The molecular formula is C28H48N4O4S. The van der Waals surface area contributed by atoms with E-state index >= 15 is 0 Å². The Bertz CT molecular complexity index is 974. The molecule has 210 valence electrons. The number of amides is 1. The number of ether oxygens (including phenoxy) is 1. The van der Waals surface area contributed by atoms with Crippen LogP contribution in [0.1, 0.15) is 56.1 Å². The Hall–Kier alpha value is -1.68. The van der Waals surface area contributed by atoms with Crippen LogP contribution in [0.15, 0.2) is 17.0 Å². The highest BCUT2D eigenvalue weighted by molar-refractivity contribution is 7.89. The second-order valence-corrected chi connectivity index (χ2v) is 13.3. The number of sulfonamides is 1. The van der Waals surface area contributed by atoms with Crippen LogP contribution in [0.25, 0.3) is 0 Å². The monoisotopic (exact) mass is 536 g/mol. The quantitative estimate of drug-likeness (QED) is 0.468. The number of likely N-dealkylation sites (tertiary alicyclic amines) is 1. The van der Waals surface area contributed by atoms with Gasteiger partial charge in [0.15, 0.2) is 0 Å². The van der Waals surface area contributed by atoms with Crippen molar-refractivity contribution in [2.45, 2.75) is 69.7 Å². The maximum absolute atomic E-state index is 13.2. The number of benzene rings is 1. The first-order valence-electron chi connectivity index (χ1n) is 13.8. The second kappa shape index (κ2) is 13.4. The summed E-state index contributed by atoms with van der Waals surface area (Å²) in [4.78, 5) is 17.8. The second-order valence-electron chi connectivity index (χ2n) is 11.4. The molecule has 2 aliphatic rings. The molecule has 0 unspecified atom stereocenters. The molecule has 0 bridgehead atoms. The summed E-state index contributed by atoms with van der Waals surface area (Å²) in [5.41, 5.74) is 1.28. The molecule has 0 radical (unpaired) electrons. The lowest BCUT2D eigenvalue weighted by Gasteiger charge is -2.38. The molecule has 1 heterocycles. The van der Waals surface area contributed by atoms with Gasteiger partial charge in [-0.1, -0.05) is 0 Å². The molecular weight excluding hydrogens is 488 g/mol. The minimum atomic E-state index is -3.69. The lowest BCUT2D eigenvalue weighted by Crippen LogP contribution is -2.44. The zero-order chi connectivity index (χ0) is 27.2. The maximum Gasteiger partial charge on any atom is 0.243 e. The van der Waals surface area contributed by atoms with Gasteiger partial charge in [0.2, 0.25) is 15.9 Å². The van der Waals surface area contributed by atoms with Gasteiger partial charge in [0.25, 0.3) is 0 Å². The van der Waals surface area contributed by atoms with Gasteiger partial charge in [0.1, 0.15) is 5.75 Å². The minimum absolute atomic E-state index is 0.0869. The average molecular weight is 537 g/mol. The van der Waals surface area contributed by atoms with Crippen LogP contribution in [0, 0.1) is 25.7 Å².